The smallest absolute Gasteiger partial charge is 0.206 e. The molecule has 4 aromatic rings. The van der Waals surface area contributed by atoms with Crippen molar-refractivity contribution in [2.24, 2.45) is 0 Å². The molecule has 3 nitrogen and oxygen atoms in total. The predicted octanol–water partition coefficient (Wildman–Crippen LogP) is 6.94. The van der Waals surface area contributed by atoms with Gasteiger partial charge in [-0.25, -0.2) is 8.42 Å². The molecule has 160 valence electrons. The Hall–Kier alpha value is -3.37. The number of para-hydroxylation sites is 2. The minimum atomic E-state index is -3.56. The van der Waals surface area contributed by atoms with Crippen molar-refractivity contribution in [3.8, 4) is 0 Å². The Balaban J connectivity index is 1.62. The lowest BCUT2D eigenvalue weighted by atomic mass is 9.73. The van der Waals surface area contributed by atoms with E-state index in [1.807, 2.05) is 43.3 Å². The Morgan fingerprint density at radius 1 is 0.625 bits per heavy atom. The molecule has 4 aromatic carbocycles. The zero-order valence-corrected chi connectivity index (χ0v) is 19.2. The fourth-order valence-electron chi connectivity index (χ4n) is 4.58. The Labute approximate surface area is 189 Å². The summed E-state index contributed by atoms with van der Waals surface area (Å²) in [6, 6.07) is 31.0. The van der Waals surface area contributed by atoms with Gasteiger partial charge in [-0.3, -0.25) is 0 Å². The third-order valence-electron chi connectivity index (χ3n) is 6.37. The van der Waals surface area contributed by atoms with Gasteiger partial charge in [0.15, 0.2) is 0 Å². The van der Waals surface area contributed by atoms with Crippen LogP contribution in [0.4, 0.5) is 17.1 Å². The van der Waals surface area contributed by atoms with Crippen LogP contribution in [0.25, 0.3) is 0 Å². The number of nitrogens with zero attached hydrogens (tertiary/aromatic N) is 1. The molecular formula is C28H25NO2S. The molecule has 0 spiro atoms. The molecule has 1 heterocycles. The van der Waals surface area contributed by atoms with Gasteiger partial charge >= 0.3 is 0 Å². The van der Waals surface area contributed by atoms with E-state index in [1.54, 1.807) is 24.3 Å². The van der Waals surface area contributed by atoms with Gasteiger partial charge < -0.3 is 4.90 Å². The van der Waals surface area contributed by atoms with E-state index in [-0.39, 0.29) is 5.41 Å². The van der Waals surface area contributed by atoms with Gasteiger partial charge in [0, 0.05) is 11.1 Å². The topological polar surface area (TPSA) is 37.4 Å². The first-order valence-electron chi connectivity index (χ1n) is 10.7. The molecule has 0 saturated heterocycles. The summed E-state index contributed by atoms with van der Waals surface area (Å²) in [7, 11) is -3.56. The molecule has 32 heavy (non-hydrogen) atoms. The molecule has 0 amide bonds. The van der Waals surface area contributed by atoms with Crippen molar-refractivity contribution in [2.45, 2.75) is 36.0 Å². The van der Waals surface area contributed by atoms with E-state index in [9.17, 15) is 8.42 Å². The summed E-state index contributed by atoms with van der Waals surface area (Å²) in [5.41, 5.74) is 6.56. The standard InChI is InChI=1S/C28H25NO2S/c1-20-12-16-22(17-13-20)32(30,31)23-18-14-21(15-19-23)29-26-10-6-4-8-24(26)28(2,3)25-9-5-7-11-27(25)29/h4-19H,1-3H3. The summed E-state index contributed by atoms with van der Waals surface area (Å²) in [5.74, 6) is 0. The SMILES string of the molecule is Cc1ccc(S(=O)(=O)c2ccc(N3c4ccccc4C(C)(C)c4ccccc43)cc2)cc1. The lowest BCUT2D eigenvalue weighted by Crippen LogP contribution is -2.30. The molecule has 1 aliphatic heterocycles. The molecule has 0 bridgehead atoms. The van der Waals surface area contributed by atoms with E-state index in [2.05, 4.69) is 55.1 Å². The minimum absolute atomic E-state index is 0.127. The van der Waals surface area contributed by atoms with Gasteiger partial charge in [-0.2, -0.15) is 0 Å². The maximum atomic E-state index is 13.1. The van der Waals surface area contributed by atoms with Crippen LogP contribution < -0.4 is 4.90 Å². The number of fused-ring (bicyclic) bond motifs is 2. The zero-order valence-electron chi connectivity index (χ0n) is 18.4. The number of aryl methyl sites for hydroxylation is 1. The normalized spacial score (nSPS) is 14.5. The van der Waals surface area contributed by atoms with E-state index in [1.165, 1.54) is 11.1 Å². The van der Waals surface area contributed by atoms with Gasteiger partial charge in [-0.1, -0.05) is 67.9 Å². The van der Waals surface area contributed by atoms with Crippen molar-refractivity contribution in [3.05, 3.63) is 114 Å². The average molecular weight is 440 g/mol. The summed E-state index contributed by atoms with van der Waals surface area (Å²) in [6.07, 6.45) is 0. The summed E-state index contributed by atoms with van der Waals surface area (Å²) < 4.78 is 26.2. The fraction of sp³-hybridized carbons (Fsp3) is 0.143. The van der Waals surface area contributed by atoms with E-state index >= 15 is 0 Å². The fourth-order valence-corrected chi connectivity index (χ4v) is 5.84. The summed E-state index contributed by atoms with van der Waals surface area (Å²) in [6.45, 7) is 6.44. The monoisotopic (exact) mass is 439 g/mol. The molecule has 0 aliphatic carbocycles. The van der Waals surface area contributed by atoms with E-state index in [4.69, 9.17) is 0 Å². The first kappa shape index (κ1) is 20.5. The highest BCUT2D eigenvalue weighted by Crippen LogP contribution is 2.51. The van der Waals surface area contributed by atoms with Gasteiger partial charge in [0.2, 0.25) is 9.84 Å². The Bertz CT molecular complexity index is 1350. The minimum Gasteiger partial charge on any atom is -0.310 e. The molecule has 0 fully saturated rings. The number of rotatable bonds is 3. The van der Waals surface area contributed by atoms with Gasteiger partial charge in [-0.15, -0.1) is 0 Å². The van der Waals surface area contributed by atoms with Crippen molar-refractivity contribution >= 4 is 26.9 Å². The van der Waals surface area contributed by atoms with Crippen molar-refractivity contribution < 1.29 is 8.42 Å². The average Bonchev–Trinajstić information content (AvgIpc) is 2.80. The predicted molar refractivity (Wildman–Crippen MR) is 130 cm³/mol. The quantitative estimate of drug-likeness (QED) is 0.347. The highest BCUT2D eigenvalue weighted by molar-refractivity contribution is 7.91. The first-order valence-corrected chi connectivity index (χ1v) is 12.2. The summed E-state index contributed by atoms with van der Waals surface area (Å²) in [5, 5.41) is 0. The number of sulfone groups is 1. The van der Waals surface area contributed by atoms with Crippen molar-refractivity contribution in [1.29, 1.82) is 0 Å². The lowest BCUT2D eigenvalue weighted by molar-refractivity contribution is 0.596. The lowest BCUT2D eigenvalue weighted by Gasteiger charge is -2.42. The first-order chi connectivity index (χ1) is 15.3. The highest BCUT2D eigenvalue weighted by Gasteiger charge is 2.36. The second-order valence-electron chi connectivity index (χ2n) is 8.81. The molecule has 1 aliphatic rings. The molecule has 0 unspecified atom stereocenters. The largest absolute Gasteiger partial charge is 0.310 e. The molecule has 0 radical (unpaired) electrons. The van der Waals surface area contributed by atoms with Crippen LogP contribution in [0.15, 0.2) is 107 Å². The van der Waals surface area contributed by atoms with Gasteiger partial charge in [0.05, 0.1) is 21.2 Å². The molecule has 0 saturated carbocycles. The molecule has 5 rings (SSSR count). The Morgan fingerprint density at radius 3 is 1.56 bits per heavy atom. The third kappa shape index (κ3) is 3.14. The van der Waals surface area contributed by atoms with Gasteiger partial charge in [-0.05, 0) is 66.6 Å². The maximum Gasteiger partial charge on any atom is 0.206 e. The van der Waals surface area contributed by atoms with Crippen LogP contribution in [-0.4, -0.2) is 8.42 Å². The van der Waals surface area contributed by atoms with Crippen molar-refractivity contribution in [1.82, 2.24) is 0 Å². The number of hydrogen-bond acceptors (Lipinski definition) is 3. The second-order valence-corrected chi connectivity index (χ2v) is 10.8. The summed E-state index contributed by atoms with van der Waals surface area (Å²) in [4.78, 5) is 2.83. The van der Waals surface area contributed by atoms with Crippen molar-refractivity contribution in [2.75, 3.05) is 4.90 Å². The molecule has 4 heteroatoms. The number of hydrogen-bond donors (Lipinski definition) is 0. The third-order valence-corrected chi connectivity index (χ3v) is 8.16. The van der Waals surface area contributed by atoms with Crippen LogP contribution in [0, 0.1) is 6.92 Å². The van der Waals surface area contributed by atoms with Crippen LogP contribution in [-0.2, 0) is 15.3 Å². The molecule has 0 atom stereocenters. The van der Waals surface area contributed by atoms with Crippen LogP contribution in [0.2, 0.25) is 0 Å². The van der Waals surface area contributed by atoms with E-state index < -0.39 is 9.84 Å². The highest BCUT2D eigenvalue weighted by atomic mass is 32.2. The summed E-state index contributed by atoms with van der Waals surface area (Å²) >= 11 is 0. The van der Waals surface area contributed by atoms with E-state index in [0.29, 0.717) is 9.79 Å². The molecule has 0 N–H and O–H groups in total. The maximum absolute atomic E-state index is 13.1. The van der Waals surface area contributed by atoms with Crippen LogP contribution >= 0.6 is 0 Å². The van der Waals surface area contributed by atoms with Gasteiger partial charge in [0.1, 0.15) is 0 Å². The van der Waals surface area contributed by atoms with Crippen LogP contribution in [0.3, 0.4) is 0 Å². The Kier molecular flexibility index (Phi) is 4.72. The van der Waals surface area contributed by atoms with Crippen molar-refractivity contribution in [3.63, 3.8) is 0 Å². The number of anilines is 3. The van der Waals surface area contributed by atoms with Gasteiger partial charge in [0.25, 0.3) is 0 Å². The van der Waals surface area contributed by atoms with Crippen LogP contribution in [0.5, 0.6) is 0 Å². The number of benzene rings is 4. The van der Waals surface area contributed by atoms with Crippen LogP contribution in [0.1, 0.15) is 30.5 Å². The Morgan fingerprint density at radius 2 is 1.06 bits per heavy atom. The molecular weight excluding hydrogens is 414 g/mol. The molecule has 0 aromatic heterocycles. The zero-order chi connectivity index (χ0) is 22.5. The van der Waals surface area contributed by atoms with E-state index in [0.717, 1.165) is 22.6 Å². The second kappa shape index (κ2) is 7.35.